The van der Waals surface area contributed by atoms with E-state index >= 15 is 0 Å². The van der Waals surface area contributed by atoms with Gasteiger partial charge in [0.25, 0.3) is 0 Å². The standard InChI is InChI=1S/C16H25N3O2S/c1-12(14-5-8-22-11-14)10-18-16(21)19-6-3-13(4-7-19)9-15(20)17-2/h5,8,11-13H,3-4,6-7,9-10H2,1-2H3,(H,17,20)(H,18,21)/t12-/m0/s1. The van der Waals surface area contributed by atoms with Crippen molar-refractivity contribution in [3.63, 3.8) is 0 Å². The molecule has 1 fully saturated rings. The first-order valence-electron chi connectivity index (χ1n) is 7.85. The van der Waals surface area contributed by atoms with Crippen molar-refractivity contribution in [1.29, 1.82) is 0 Å². The third-order valence-corrected chi connectivity index (χ3v) is 5.03. The maximum atomic E-state index is 12.2. The van der Waals surface area contributed by atoms with E-state index in [1.54, 1.807) is 18.4 Å². The highest BCUT2D eigenvalue weighted by atomic mass is 32.1. The van der Waals surface area contributed by atoms with Crippen LogP contribution in [-0.2, 0) is 4.79 Å². The molecular weight excluding hydrogens is 298 g/mol. The molecule has 0 bridgehead atoms. The van der Waals surface area contributed by atoms with Crippen molar-refractivity contribution in [3.05, 3.63) is 22.4 Å². The summed E-state index contributed by atoms with van der Waals surface area (Å²) >= 11 is 1.68. The van der Waals surface area contributed by atoms with Gasteiger partial charge in [0.1, 0.15) is 0 Å². The SMILES string of the molecule is CNC(=O)CC1CCN(C(=O)NC[C@H](C)c2ccsc2)CC1. The molecule has 122 valence electrons. The van der Waals surface area contributed by atoms with Crippen LogP contribution in [0.25, 0.3) is 0 Å². The fourth-order valence-corrected chi connectivity index (χ4v) is 3.51. The van der Waals surface area contributed by atoms with E-state index in [1.165, 1.54) is 5.56 Å². The summed E-state index contributed by atoms with van der Waals surface area (Å²) in [4.78, 5) is 25.4. The predicted octanol–water partition coefficient (Wildman–Crippen LogP) is 2.41. The van der Waals surface area contributed by atoms with Crippen LogP contribution in [-0.4, -0.2) is 43.5 Å². The fraction of sp³-hybridized carbons (Fsp3) is 0.625. The second kappa shape index (κ2) is 8.17. The number of rotatable bonds is 5. The molecule has 0 unspecified atom stereocenters. The molecule has 2 heterocycles. The minimum absolute atomic E-state index is 0.0143. The normalized spacial score (nSPS) is 17.1. The number of urea groups is 1. The lowest BCUT2D eigenvalue weighted by Gasteiger charge is -2.32. The summed E-state index contributed by atoms with van der Waals surface area (Å²) in [6, 6.07) is 2.12. The van der Waals surface area contributed by atoms with E-state index in [0.717, 1.165) is 25.9 Å². The Kier molecular flexibility index (Phi) is 6.24. The van der Waals surface area contributed by atoms with Gasteiger partial charge in [-0.15, -0.1) is 0 Å². The van der Waals surface area contributed by atoms with Crippen LogP contribution in [0.5, 0.6) is 0 Å². The van der Waals surface area contributed by atoms with Crippen molar-refractivity contribution >= 4 is 23.3 Å². The number of hydrogen-bond donors (Lipinski definition) is 2. The Morgan fingerprint density at radius 3 is 2.73 bits per heavy atom. The third-order valence-electron chi connectivity index (χ3n) is 4.33. The van der Waals surface area contributed by atoms with Gasteiger partial charge in [0.05, 0.1) is 0 Å². The lowest BCUT2D eigenvalue weighted by Crippen LogP contribution is -2.45. The van der Waals surface area contributed by atoms with Gasteiger partial charge in [-0.1, -0.05) is 6.92 Å². The van der Waals surface area contributed by atoms with Crippen molar-refractivity contribution in [2.45, 2.75) is 32.1 Å². The molecule has 1 saturated heterocycles. The van der Waals surface area contributed by atoms with E-state index in [4.69, 9.17) is 0 Å². The lowest BCUT2D eigenvalue weighted by atomic mass is 9.93. The number of piperidine rings is 1. The Bertz CT molecular complexity index is 482. The maximum Gasteiger partial charge on any atom is 0.317 e. The van der Waals surface area contributed by atoms with Gasteiger partial charge in [-0.3, -0.25) is 4.79 Å². The summed E-state index contributed by atoms with van der Waals surface area (Å²) in [5, 5.41) is 9.87. The number of likely N-dealkylation sites (tertiary alicyclic amines) is 1. The molecule has 22 heavy (non-hydrogen) atoms. The van der Waals surface area contributed by atoms with Crippen molar-refractivity contribution < 1.29 is 9.59 Å². The van der Waals surface area contributed by atoms with Crippen LogP contribution in [0.4, 0.5) is 4.79 Å². The highest BCUT2D eigenvalue weighted by Gasteiger charge is 2.24. The van der Waals surface area contributed by atoms with E-state index in [2.05, 4.69) is 34.4 Å². The predicted molar refractivity (Wildman–Crippen MR) is 89.1 cm³/mol. The zero-order chi connectivity index (χ0) is 15.9. The number of carbonyl (C=O) groups excluding carboxylic acids is 2. The summed E-state index contributed by atoms with van der Waals surface area (Å²) in [7, 11) is 1.67. The number of thiophene rings is 1. The molecule has 1 aromatic rings. The molecule has 1 aromatic heterocycles. The van der Waals surface area contributed by atoms with E-state index in [-0.39, 0.29) is 11.9 Å². The molecule has 0 spiro atoms. The van der Waals surface area contributed by atoms with Crippen LogP contribution >= 0.6 is 11.3 Å². The van der Waals surface area contributed by atoms with Gasteiger partial charge in [0.15, 0.2) is 0 Å². The van der Waals surface area contributed by atoms with E-state index < -0.39 is 0 Å². The Morgan fingerprint density at radius 2 is 2.14 bits per heavy atom. The van der Waals surface area contributed by atoms with Crippen LogP contribution in [0.15, 0.2) is 16.8 Å². The highest BCUT2D eigenvalue weighted by molar-refractivity contribution is 7.07. The molecule has 3 amide bonds. The molecule has 1 aliphatic heterocycles. The molecule has 0 radical (unpaired) electrons. The molecule has 1 aliphatic rings. The first kappa shape index (κ1) is 16.8. The number of amides is 3. The number of nitrogens with one attached hydrogen (secondary N) is 2. The van der Waals surface area contributed by atoms with E-state index in [1.807, 2.05) is 4.90 Å². The zero-order valence-electron chi connectivity index (χ0n) is 13.3. The lowest BCUT2D eigenvalue weighted by molar-refractivity contribution is -0.121. The van der Waals surface area contributed by atoms with Crippen molar-refractivity contribution in [1.82, 2.24) is 15.5 Å². The average molecular weight is 323 g/mol. The molecular formula is C16H25N3O2S. The quantitative estimate of drug-likeness (QED) is 0.874. The first-order chi connectivity index (χ1) is 10.6. The minimum atomic E-state index is 0.0143. The third kappa shape index (κ3) is 4.73. The Hall–Kier alpha value is -1.56. The molecule has 0 aromatic carbocycles. The fourth-order valence-electron chi connectivity index (χ4n) is 2.73. The van der Waals surface area contributed by atoms with Gasteiger partial charge in [0, 0.05) is 33.1 Å². The van der Waals surface area contributed by atoms with Crippen LogP contribution in [0.1, 0.15) is 37.7 Å². The van der Waals surface area contributed by atoms with Gasteiger partial charge in [-0.05, 0) is 47.1 Å². The smallest absolute Gasteiger partial charge is 0.317 e. The van der Waals surface area contributed by atoms with Crippen LogP contribution in [0.3, 0.4) is 0 Å². The van der Waals surface area contributed by atoms with Gasteiger partial charge in [-0.25, -0.2) is 4.79 Å². The minimum Gasteiger partial charge on any atom is -0.359 e. The molecule has 2 N–H and O–H groups in total. The molecule has 0 saturated carbocycles. The highest BCUT2D eigenvalue weighted by Crippen LogP contribution is 2.21. The molecule has 1 atom stereocenters. The first-order valence-corrected chi connectivity index (χ1v) is 8.80. The summed E-state index contributed by atoms with van der Waals surface area (Å²) in [6.07, 6.45) is 2.38. The van der Waals surface area contributed by atoms with Crippen LogP contribution < -0.4 is 10.6 Å². The summed E-state index contributed by atoms with van der Waals surface area (Å²) in [5.74, 6) is 0.821. The molecule has 0 aliphatic carbocycles. The Balaban J connectivity index is 1.70. The van der Waals surface area contributed by atoms with Crippen LogP contribution in [0, 0.1) is 5.92 Å². The van der Waals surface area contributed by atoms with Crippen LogP contribution in [0.2, 0.25) is 0 Å². The largest absolute Gasteiger partial charge is 0.359 e. The van der Waals surface area contributed by atoms with E-state index in [0.29, 0.717) is 24.8 Å². The van der Waals surface area contributed by atoms with Gasteiger partial charge in [0.2, 0.25) is 5.91 Å². The zero-order valence-corrected chi connectivity index (χ0v) is 14.1. The van der Waals surface area contributed by atoms with E-state index in [9.17, 15) is 9.59 Å². The number of hydrogen-bond acceptors (Lipinski definition) is 3. The second-order valence-electron chi connectivity index (χ2n) is 5.95. The van der Waals surface area contributed by atoms with Gasteiger partial charge in [-0.2, -0.15) is 11.3 Å². The van der Waals surface area contributed by atoms with Gasteiger partial charge < -0.3 is 15.5 Å². The molecule has 6 heteroatoms. The number of carbonyl (C=O) groups is 2. The second-order valence-corrected chi connectivity index (χ2v) is 6.73. The monoisotopic (exact) mass is 323 g/mol. The van der Waals surface area contributed by atoms with Gasteiger partial charge >= 0.3 is 6.03 Å². The van der Waals surface area contributed by atoms with Crippen molar-refractivity contribution in [2.75, 3.05) is 26.7 Å². The Labute approximate surface area is 136 Å². The molecule has 2 rings (SSSR count). The summed E-state index contributed by atoms with van der Waals surface area (Å²) in [6.45, 7) is 4.26. The maximum absolute atomic E-state index is 12.2. The Morgan fingerprint density at radius 1 is 1.41 bits per heavy atom. The number of nitrogens with zero attached hydrogens (tertiary/aromatic N) is 1. The van der Waals surface area contributed by atoms with Crippen molar-refractivity contribution in [2.24, 2.45) is 5.92 Å². The van der Waals surface area contributed by atoms with Crippen molar-refractivity contribution in [3.8, 4) is 0 Å². The molecule has 5 nitrogen and oxygen atoms in total. The topological polar surface area (TPSA) is 61.4 Å². The summed E-state index contributed by atoms with van der Waals surface area (Å²) < 4.78 is 0. The summed E-state index contributed by atoms with van der Waals surface area (Å²) in [5.41, 5.74) is 1.27. The average Bonchev–Trinajstić information content (AvgIpc) is 3.07.